The first-order valence-corrected chi connectivity index (χ1v) is 11.4. The van der Waals surface area contributed by atoms with Gasteiger partial charge in [0.2, 0.25) is 5.91 Å². The summed E-state index contributed by atoms with van der Waals surface area (Å²) in [5.74, 6) is 1.17. The molecule has 2 fully saturated rings. The van der Waals surface area contributed by atoms with Crippen molar-refractivity contribution in [1.82, 2.24) is 19.9 Å². The SMILES string of the molecule is C=NN(C)/C=C(\C)c1cc(Oc2ccc(NC(=O)N3CCC4(CCCC(=O)C4)C3=O)nc2)ccn1. The van der Waals surface area contributed by atoms with Gasteiger partial charge < -0.3 is 4.74 Å². The van der Waals surface area contributed by atoms with Crippen molar-refractivity contribution >= 4 is 35.8 Å². The fourth-order valence-electron chi connectivity index (χ4n) is 4.49. The number of hydrazone groups is 1. The molecule has 182 valence electrons. The number of carbonyl (C=O) groups excluding carboxylic acids is 3. The number of Topliss-reactive ketones (excluding diaryl/α,β-unsaturated/α-hetero) is 1. The third kappa shape index (κ3) is 5.37. The second kappa shape index (κ2) is 10.0. The fraction of sp³-hybridized carbons (Fsp3) is 0.360. The van der Waals surface area contributed by atoms with Crippen molar-refractivity contribution in [3.63, 3.8) is 0 Å². The van der Waals surface area contributed by atoms with Crippen molar-refractivity contribution in [1.29, 1.82) is 0 Å². The number of ether oxygens (including phenoxy) is 1. The average molecular weight is 477 g/mol. The molecule has 1 saturated carbocycles. The molecule has 1 aliphatic heterocycles. The highest BCUT2D eigenvalue weighted by Gasteiger charge is 2.50. The highest BCUT2D eigenvalue weighted by atomic mass is 16.5. The molecule has 1 spiro atoms. The summed E-state index contributed by atoms with van der Waals surface area (Å²) in [5.41, 5.74) is 0.895. The van der Waals surface area contributed by atoms with Crippen LogP contribution in [-0.4, -0.2) is 57.9 Å². The first-order valence-electron chi connectivity index (χ1n) is 11.4. The molecular weight excluding hydrogens is 448 g/mol. The quantitative estimate of drug-likeness (QED) is 0.493. The summed E-state index contributed by atoms with van der Waals surface area (Å²) in [6.07, 6.45) is 7.55. The number of aromatic nitrogens is 2. The van der Waals surface area contributed by atoms with Crippen molar-refractivity contribution in [2.24, 2.45) is 10.5 Å². The topological polar surface area (TPSA) is 117 Å². The van der Waals surface area contributed by atoms with E-state index in [-0.39, 0.29) is 18.1 Å². The van der Waals surface area contributed by atoms with Crippen molar-refractivity contribution in [3.05, 3.63) is 48.6 Å². The first-order chi connectivity index (χ1) is 16.8. The molecule has 10 nitrogen and oxygen atoms in total. The Labute approximate surface area is 203 Å². The molecule has 0 bridgehead atoms. The molecular formula is C25H28N6O4. The van der Waals surface area contributed by atoms with Gasteiger partial charge in [0.1, 0.15) is 23.1 Å². The maximum absolute atomic E-state index is 12.9. The van der Waals surface area contributed by atoms with Gasteiger partial charge in [-0.3, -0.25) is 29.8 Å². The summed E-state index contributed by atoms with van der Waals surface area (Å²) in [6, 6.07) is 6.27. The largest absolute Gasteiger partial charge is 0.456 e. The van der Waals surface area contributed by atoms with E-state index >= 15 is 0 Å². The summed E-state index contributed by atoms with van der Waals surface area (Å²) < 4.78 is 5.87. The second-order valence-corrected chi connectivity index (χ2v) is 8.87. The third-order valence-electron chi connectivity index (χ3n) is 6.35. The Morgan fingerprint density at radius 2 is 2.09 bits per heavy atom. The van der Waals surface area contributed by atoms with Crippen molar-refractivity contribution in [2.45, 2.75) is 39.0 Å². The summed E-state index contributed by atoms with van der Waals surface area (Å²) in [6.45, 7) is 5.69. The maximum Gasteiger partial charge on any atom is 0.329 e. The van der Waals surface area contributed by atoms with Crippen molar-refractivity contribution < 1.29 is 19.1 Å². The van der Waals surface area contributed by atoms with Crippen LogP contribution in [0.15, 0.2) is 48.0 Å². The van der Waals surface area contributed by atoms with Crippen LogP contribution in [-0.2, 0) is 9.59 Å². The maximum atomic E-state index is 12.9. The lowest BCUT2D eigenvalue weighted by Crippen LogP contribution is -2.42. The third-order valence-corrected chi connectivity index (χ3v) is 6.35. The minimum Gasteiger partial charge on any atom is -0.456 e. The first kappa shape index (κ1) is 24.1. The molecule has 3 amide bonds. The minimum absolute atomic E-state index is 0.0951. The Bertz CT molecular complexity index is 1180. The van der Waals surface area contributed by atoms with Gasteiger partial charge >= 0.3 is 6.03 Å². The van der Waals surface area contributed by atoms with E-state index in [2.05, 4.69) is 27.1 Å². The van der Waals surface area contributed by atoms with E-state index in [1.165, 1.54) is 11.1 Å². The molecule has 10 heteroatoms. The number of allylic oxidation sites excluding steroid dienone is 1. The zero-order valence-electron chi connectivity index (χ0n) is 19.9. The molecule has 1 aliphatic carbocycles. The minimum atomic E-state index is -0.716. The lowest BCUT2D eigenvalue weighted by molar-refractivity contribution is -0.139. The fourth-order valence-corrected chi connectivity index (χ4v) is 4.49. The number of hydrogen-bond acceptors (Lipinski definition) is 8. The number of imide groups is 1. The smallest absolute Gasteiger partial charge is 0.329 e. The van der Waals surface area contributed by atoms with Crippen molar-refractivity contribution in [3.8, 4) is 11.5 Å². The van der Waals surface area contributed by atoms with Gasteiger partial charge in [-0.15, -0.1) is 0 Å². The number of anilines is 1. The Morgan fingerprint density at radius 1 is 1.26 bits per heavy atom. The van der Waals surface area contributed by atoms with Gasteiger partial charge in [0, 0.05) is 51.6 Å². The number of hydrogen-bond donors (Lipinski definition) is 1. The standard InChI is InChI=1S/C25H28N6O4/c1-17(16-30(3)26-2)21-13-19(8-11-27-21)35-20-6-7-22(28-15-20)29-24(34)31-12-10-25(23(31)33)9-4-5-18(32)14-25/h6-8,11,13,15-16H,2,4-5,9-10,12,14H2,1,3H3,(H,28,29,34)/b17-16+. The molecule has 1 N–H and O–H groups in total. The van der Waals surface area contributed by atoms with Crippen LogP contribution >= 0.6 is 0 Å². The number of urea groups is 1. The van der Waals surface area contributed by atoms with E-state index in [1.807, 2.05) is 6.92 Å². The Morgan fingerprint density at radius 3 is 2.80 bits per heavy atom. The molecule has 1 saturated heterocycles. The van der Waals surface area contributed by atoms with Crippen LogP contribution in [0.4, 0.5) is 10.6 Å². The van der Waals surface area contributed by atoms with E-state index < -0.39 is 11.4 Å². The van der Waals surface area contributed by atoms with E-state index in [0.29, 0.717) is 49.5 Å². The number of carbonyl (C=O) groups is 3. The predicted octanol–water partition coefficient (Wildman–Crippen LogP) is 4.07. The van der Waals surface area contributed by atoms with E-state index in [9.17, 15) is 14.4 Å². The second-order valence-electron chi connectivity index (χ2n) is 8.87. The van der Waals surface area contributed by atoms with Crippen molar-refractivity contribution in [2.75, 3.05) is 18.9 Å². The van der Waals surface area contributed by atoms with Crippen LogP contribution in [0.5, 0.6) is 11.5 Å². The lowest BCUT2D eigenvalue weighted by Gasteiger charge is -2.30. The molecule has 3 heterocycles. The zero-order chi connectivity index (χ0) is 25.0. The van der Waals surface area contributed by atoms with Gasteiger partial charge in [0.25, 0.3) is 0 Å². The molecule has 1 atom stereocenters. The van der Waals surface area contributed by atoms with Crippen LogP contribution in [0.2, 0.25) is 0 Å². The summed E-state index contributed by atoms with van der Waals surface area (Å²) in [4.78, 5) is 47.3. The molecule has 2 aromatic heterocycles. The van der Waals surface area contributed by atoms with Gasteiger partial charge in [-0.25, -0.2) is 9.78 Å². The Kier molecular flexibility index (Phi) is 6.90. The lowest BCUT2D eigenvalue weighted by atomic mass is 9.72. The number of pyridine rings is 2. The summed E-state index contributed by atoms with van der Waals surface area (Å²) in [5, 5.41) is 8.06. The van der Waals surface area contributed by atoms with E-state index in [0.717, 1.165) is 11.3 Å². The van der Waals surface area contributed by atoms with Gasteiger partial charge in [-0.1, -0.05) is 0 Å². The number of amides is 3. The predicted molar refractivity (Wildman–Crippen MR) is 131 cm³/mol. The highest BCUT2D eigenvalue weighted by Crippen LogP contribution is 2.43. The zero-order valence-corrected chi connectivity index (χ0v) is 19.9. The normalized spacial score (nSPS) is 20.2. The number of nitrogens with zero attached hydrogens (tertiary/aromatic N) is 5. The number of likely N-dealkylation sites (tertiary alicyclic amines) is 1. The number of rotatable bonds is 6. The van der Waals surface area contributed by atoms with Crippen LogP contribution in [0.1, 0.15) is 44.7 Å². The molecule has 4 rings (SSSR count). The molecule has 2 aliphatic rings. The molecule has 0 aromatic carbocycles. The summed E-state index contributed by atoms with van der Waals surface area (Å²) >= 11 is 0. The van der Waals surface area contributed by atoms with Crippen LogP contribution in [0.3, 0.4) is 0 Å². The molecule has 2 aromatic rings. The van der Waals surface area contributed by atoms with Gasteiger partial charge in [0.15, 0.2) is 0 Å². The Hall–Kier alpha value is -4.08. The molecule has 35 heavy (non-hydrogen) atoms. The Balaban J connectivity index is 1.38. The van der Waals surface area contributed by atoms with Crippen LogP contribution in [0.25, 0.3) is 5.57 Å². The molecule has 1 unspecified atom stereocenters. The van der Waals surface area contributed by atoms with E-state index in [1.54, 1.807) is 48.7 Å². The number of ketones is 1. The number of nitrogens with one attached hydrogen (secondary N) is 1. The summed E-state index contributed by atoms with van der Waals surface area (Å²) in [7, 11) is 1.78. The van der Waals surface area contributed by atoms with Gasteiger partial charge in [0.05, 0.1) is 17.3 Å². The van der Waals surface area contributed by atoms with Gasteiger partial charge in [-0.2, -0.15) is 5.10 Å². The average Bonchev–Trinajstić information content (AvgIpc) is 3.15. The van der Waals surface area contributed by atoms with Crippen LogP contribution < -0.4 is 10.1 Å². The van der Waals surface area contributed by atoms with E-state index in [4.69, 9.17) is 4.74 Å². The highest BCUT2D eigenvalue weighted by molar-refractivity contribution is 6.05. The molecule has 0 radical (unpaired) electrons. The van der Waals surface area contributed by atoms with Crippen LogP contribution in [0, 0.1) is 5.41 Å². The monoisotopic (exact) mass is 476 g/mol. The van der Waals surface area contributed by atoms with Gasteiger partial charge in [-0.05, 0) is 50.0 Å².